The van der Waals surface area contributed by atoms with E-state index in [1.165, 1.54) is 12.1 Å². The summed E-state index contributed by atoms with van der Waals surface area (Å²) in [4.78, 5) is 11.4. The summed E-state index contributed by atoms with van der Waals surface area (Å²) in [5.74, 6) is 0. The number of rotatable bonds is 3. The molecule has 1 heterocycles. The van der Waals surface area contributed by atoms with Crippen LogP contribution in [0.3, 0.4) is 0 Å². The van der Waals surface area contributed by atoms with Crippen LogP contribution in [0.5, 0.6) is 0 Å². The summed E-state index contributed by atoms with van der Waals surface area (Å²) in [7, 11) is -4.48. The number of hydrogen-bond donors (Lipinski definition) is 1. The lowest BCUT2D eigenvalue weighted by molar-refractivity contribution is -0.385. The van der Waals surface area contributed by atoms with Crippen molar-refractivity contribution in [2.45, 2.75) is 24.2 Å². The first kappa shape index (κ1) is 13.8. The fourth-order valence-corrected chi connectivity index (χ4v) is 2.95. The number of nitrogens with zero attached hydrogens (tertiary/aromatic N) is 2. The normalized spacial score (nSPS) is 16.4. The molecule has 0 aromatic heterocycles. The molecule has 0 unspecified atom stereocenters. The Balaban J connectivity index is 2.50. The molecule has 0 saturated carbocycles. The van der Waals surface area contributed by atoms with Crippen molar-refractivity contribution >= 4 is 21.5 Å². The minimum absolute atomic E-state index is 0.327. The van der Waals surface area contributed by atoms with Gasteiger partial charge in [0.05, 0.1) is 10.6 Å². The molecule has 0 atom stereocenters. The minimum Gasteiger partial charge on any atom is -0.370 e. The van der Waals surface area contributed by atoms with Gasteiger partial charge in [0.2, 0.25) is 0 Å². The van der Waals surface area contributed by atoms with Crippen molar-refractivity contribution in [1.29, 1.82) is 0 Å². The zero-order valence-electron chi connectivity index (χ0n) is 10.2. The molecule has 2 rings (SSSR count). The molecular formula is C11H14N2O5S. The maximum Gasteiger partial charge on any atom is 0.296 e. The van der Waals surface area contributed by atoms with Crippen LogP contribution in [0.1, 0.15) is 19.3 Å². The topological polar surface area (TPSA) is 101 Å². The Hall–Kier alpha value is -1.67. The van der Waals surface area contributed by atoms with Gasteiger partial charge < -0.3 is 4.90 Å². The second-order valence-corrected chi connectivity index (χ2v) is 5.82. The highest BCUT2D eigenvalue weighted by Crippen LogP contribution is 2.31. The van der Waals surface area contributed by atoms with Gasteiger partial charge in [0.1, 0.15) is 4.90 Å². The number of anilines is 1. The van der Waals surface area contributed by atoms with Gasteiger partial charge in [0, 0.05) is 25.2 Å². The maximum atomic E-state index is 11.4. The summed E-state index contributed by atoms with van der Waals surface area (Å²) in [5, 5.41) is 10.7. The van der Waals surface area contributed by atoms with Gasteiger partial charge in [-0.1, -0.05) is 0 Å². The van der Waals surface area contributed by atoms with Gasteiger partial charge in [-0.05, 0) is 25.3 Å². The number of non-ortho nitro benzene ring substituents is 1. The molecular weight excluding hydrogens is 272 g/mol. The Kier molecular flexibility index (Phi) is 3.72. The molecule has 1 aliphatic rings. The van der Waals surface area contributed by atoms with E-state index in [2.05, 4.69) is 0 Å². The molecule has 0 amide bonds. The van der Waals surface area contributed by atoms with Crippen molar-refractivity contribution in [1.82, 2.24) is 0 Å². The average molecular weight is 286 g/mol. The second-order valence-electron chi connectivity index (χ2n) is 4.43. The molecule has 0 radical (unpaired) electrons. The van der Waals surface area contributed by atoms with Gasteiger partial charge in [-0.3, -0.25) is 14.7 Å². The third-order valence-electron chi connectivity index (χ3n) is 3.13. The van der Waals surface area contributed by atoms with Crippen LogP contribution in [0.4, 0.5) is 11.4 Å². The van der Waals surface area contributed by atoms with Crippen molar-refractivity contribution in [3.8, 4) is 0 Å². The van der Waals surface area contributed by atoms with E-state index >= 15 is 0 Å². The molecule has 1 aromatic rings. The van der Waals surface area contributed by atoms with Crippen LogP contribution in [0.15, 0.2) is 23.1 Å². The molecule has 104 valence electrons. The summed E-state index contributed by atoms with van der Waals surface area (Å²) in [6, 6.07) is 3.53. The number of nitro benzene ring substituents is 1. The summed E-state index contributed by atoms with van der Waals surface area (Å²) < 4.78 is 32.0. The van der Waals surface area contributed by atoms with Gasteiger partial charge >= 0.3 is 0 Å². The molecule has 7 nitrogen and oxygen atoms in total. The third kappa shape index (κ3) is 3.02. The molecule has 1 aliphatic heterocycles. The zero-order chi connectivity index (χ0) is 14.0. The van der Waals surface area contributed by atoms with Crippen molar-refractivity contribution in [2.75, 3.05) is 18.0 Å². The van der Waals surface area contributed by atoms with Crippen LogP contribution in [0.2, 0.25) is 0 Å². The van der Waals surface area contributed by atoms with Crippen molar-refractivity contribution in [2.24, 2.45) is 0 Å². The largest absolute Gasteiger partial charge is 0.370 e. The first-order valence-electron chi connectivity index (χ1n) is 5.90. The molecule has 1 aromatic carbocycles. The lowest BCUT2D eigenvalue weighted by Gasteiger charge is -2.29. The van der Waals surface area contributed by atoms with Gasteiger partial charge in [0.15, 0.2) is 0 Å². The summed E-state index contributed by atoms with van der Waals surface area (Å²) in [5.41, 5.74) is -0.0267. The number of nitro groups is 1. The zero-order valence-corrected chi connectivity index (χ0v) is 11.0. The van der Waals surface area contributed by atoms with Crippen molar-refractivity contribution in [3.05, 3.63) is 28.3 Å². The van der Waals surface area contributed by atoms with Crippen LogP contribution in [0, 0.1) is 10.1 Å². The molecule has 1 fully saturated rings. The fraction of sp³-hybridized carbons (Fsp3) is 0.455. The van der Waals surface area contributed by atoms with E-state index < -0.39 is 19.9 Å². The molecule has 0 spiro atoms. The fourth-order valence-electron chi connectivity index (χ4n) is 2.22. The van der Waals surface area contributed by atoms with E-state index in [1.807, 2.05) is 4.90 Å². The Morgan fingerprint density at radius 3 is 2.37 bits per heavy atom. The highest BCUT2D eigenvalue weighted by atomic mass is 32.2. The van der Waals surface area contributed by atoms with E-state index in [4.69, 9.17) is 0 Å². The third-order valence-corrected chi connectivity index (χ3v) is 4.01. The molecule has 0 bridgehead atoms. The van der Waals surface area contributed by atoms with Crippen LogP contribution < -0.4 is 4.90 Å². The van der Waals surface area contributed by atoms with Crippen molar-refractivity contribution in [3.63, 3.8) is 0 Å². The summed E-state index contributed by atoms with van der Waals surface area (Å²) in [6.07, 6.45) is 2.94. The van der Waals surface area contributed by atoms with Crippen LogP contribution in [-0.2, 0) is 10.1 Å². The monoisotopic (exact) mass is 286 g/mol. The van der Waals surface area contributed by atoms with E-state index in [0.717, 1.165) is 25.3 Å². The standard InChI is InChI=1S/C11H14N2O5S/c14-13(15)9-4-5-10(11(8-9)19(16,17)18)12-6-2-1-3-7-12/h4-5,8H,1-3,6-7H2,(H,16,17,18). The first-order chi connectivity index (χ1) is 8.89. The predicted molar refractivity (Wildman–Crippen MR) is 69.0 cm³/mol. The van der Waals surface area contributed by atoms with Crippen LogP contribution >= 0.6 is 0 Å². The molecule has 1 N–H and O–H groups in total. The Bertz CT molecular complexity index is 593. The predicted octanol–water partition coefficient (Wildman–Crippen LogP) is 1.83. The maximum absolute atomic E-state index is 11.4. The summed E-state index contributed by atoms with van der Waals surface area (Å²) in [6.45, 7) is 1.36. The van der Waals surface area contributed by atoms with Gasteiger partial charge in [0.25, 0.3) is 15.8 Å². The minimum atomic E-state index is -4.48. The van der Waals surface area contributed by atoms with E-state index in [1.54, 1.807) is 0 Å². The van der Waals surface area contributed by atoms with Gasteiger partial charge in [-0.25, -0.2) is 0 Å². The molecule has 1 saturated heterocycles. The van der Waals surface area contributed by atoms with Crippen molar-refractivity contribution < 1.29 is 17.9 Å². The molecule has 8 heteroatoms. The Labute approximate surface area is 110 Å². The quantitative estimate of drug-likeness (QED) is 0.517. The smallest absolute Gasteiger partial charge is 0.296 e. The summed E-state index contributed by atoms with van der Waals surface area (Å²) >= 11 is 0. The van der Waals surface area contributed by atoms with E-state index in [0.29, 0.717) is 18.8 Å². The highest BCUT2D eigenvalue weighted by molar-refractivity contribution is 7.86. The van der Waals surface area contributed by atoms with Gasteiger partial charge in [-0.15, -0.1) is 0 Å². The SMILES string of the molecule is O=[N+]([O-])c1ccc(N2CCCCC2)c(S(=O)(=O)O)c1. The van der Waals surface area contributed by atoms with Crippen LogP contribution in [-0.4, -0.2) is 31.0 Å². The van der Waals surface area contributed by atoms with Crippen LogP contribution in [0.25, 0.3) is 0 Å². The van der Waals surface area contributed by atoms with E-state index in [9.17, 15) is 23.1 Å². The number of benzene rings is 1. The lowest BCUT2D eigenvalue weighted by Crippen LogP contribution is -2.30. The first-order valence-corrected chi connectivity index (χ1v) is 7.34. The van der Waals surface area contributed by atoms with E-state index in [-0.39, 0.29) is 5.69 Å². The van der Waals surface area contributed by atoms with Gasteiger partial charge in [-0.2, -0.15) is 8.42 Å². The Morgan fingerprint density at radius 2 is 1.84 bits per heavy atom. The molecule has 0 aliphatic carbocycles. The number of piperidine rings is 1. The highest BCUT2D eigenvalue weighted by Gasteiger charge is 2.24. The lowest BCUT2D eigenvalue weighted by atomic mass is 10.1. The average Bonchev–Trinajstić information content (AvgIpc) is 2.38. The number of hydrogen-bond acceptors (Lipinski definition) is 5. The Morgan fingerprint density at radius 1 is 1.21 bits per heavy atom. The molecule has 19 heavy (non-hydrogen) atoms. The second kappa shape index (κ2) is 5.14.